The van der Waals surface area contributed by atoms with Gasteiger partial charge in [0, 0.05) is 6.20 Å². The summed E-state index contributed by atoms with van der Waals surface area (Å²) in [4.78, 5) is 4.00. The molecule has 1 rings (SSSR count). The minimum Gasteiger partial charge on any atom is -0.480 e. The Morgan fingerprint density at radius 2 is 2.20 bits per heavy atom. The lowest BCUT2D eigenvalue weighted by Gasteiger charge is -2.09. The Labute approximate surface area is 89.5 Å². The van der Waals surface area contributed by atoms with Gasteiger partial charge in [0.1, 0.15) is 5.69 Å². The van der Waals surface area contributed by atoms with Crippen LogP contribution in [0.25, 0.3) is 0 Å². The highest BCUT2D eigenvalue weighted by atomic mass is 32.2. The van der Waals surface area contributed by atoms with Crippen molar-refractivity contribution in [1.29, 1.82) is 0 Å². The number of ether oxygens (including phenoxy) is 1. The van der Waals surface area contributed by atoms with Gasteiger partial charge >= 0.3 is 0 Å². The fourth-order valence-electron chi connectivity index (χ4n) is 1.12. The third-order valence-corrected chi connectivity index (χ3v) is 2.40. The SMILES string of the molecule is CCc1cnc(OC)c(NS(C)(=O)=O)c1. The van der Waals surface area contributed by atoms with E-state index in [-0.39, 0.29) is 5.88 Å². The van der Waals surface area contributed by atoms with E-state index in [4.69, 9.17) is 4.74 Å². The second-order valence-electron chi connectivity index (χ2n) is 3.13. The fraction of sp³-hybridized carbons (Fsp3) is 0.444. The van der Waals surface area contributed by atoms with Crippen molar-refractivity contribution >= 4 is 15.7 Å². The summed E-state index contributed by atoms with van der Waals surface area (Å²) in [6.45, 7) is 1.97. The number of aryl methyl sites for hydroxylation is 1. The van der Waals surface area contributed by atoms with E-state index in [2.05, 4.69) is 9.71 Å². The Hall–Kier alpha value is -1.30. The Bertz CT molecular complexity index is 443. The lowest BCUT2D eigenvalue weighted by molar-refractivity contribution is 0.400. The van der Waals surface area contributed by atoms with E-state index in [1.807, 2.05) is 6.92 Å². The van der Waals surface area contributed by atoms with Crippen LogP contribution in [0.5, 0.6) is 5.88 Å². The average Bonchev–Trinajstić information content (AvgIpc) is 2.15. The molecular weight excluding hydrogens is 216 g/mol. The summed E-state index contributed by atoms with van der Waals surface area (Å²) in [5.41, 5.74) is 1.32. The minimum atomic E-state index is -3.30. The monoisotopic (exact) mass is 230 g/mol. The fourth-order valence-corrected chi connectivity index (χ4v) is 1.67. The average molecular weight is 230 g/mol. The third-order valence-electron chi connectivity index (χ3n) is 1.80. The van der Waals surface area contributed by atoms with E-state index in [9.17, 15) is 8.42 Å². The van der Waals surface area contributed by atoms with Crippen molar-refractivity contribution in [3.8, 4) is 5.88 Å². The molecule has 84 valence electrons. The summed E-state index contributed by atoms with van der Waals surface area (Å²) in [7, 11) is -1.86. The zero-order chi connectivity index (χ0) is 11.5. The van der Waals surface area contributed by atoms with Gasteiger partial charge in [-0.25, -0.2) is 13.4 Å². The van der Waals surface area contributed by atoms with Crippen molar-refractivity contribution in [3.63, 3.8) is 0 Å². The van der Waals surface area contributed by atoms with Crippen LogP contribution in [0.4, 0.5) is 5.69 Å². The van der Waals surface area contributed by atoms with Crippen LogP contribution in [-0.4, -0.2) is 26.8 Å². The van der Waals surface area contributed by atoms with Gasteiger partial charge in [-0.15, -0.1) is 0 Å². The van der Waals surface area contributed by atoms with Crippen LogP contribution in [0.2, 0.25) is 0 Å². The first-order valence-electron chi connectivity index (χ1n) is 4.47. The molecular formula is C9H14N2O3S. The number of sulfonamides is 1. The predicted molar refractivity (Wildman–Crippen MR) is 58.6 cm³/mol. The van der Waals surface area contributed by atoms with E-state index in [0.717, 1.165) is 18.2 Å². The van der Waals surface area contributed by atoms with Crippen LogP contribution >= 0.6 is 0 Å². The molecule has 6 heteroatoms. The molecule has 0 aliphatic rings. The molecule has 15 heavy (non-hydrogen) atoms. The van der Waals surface area contributed by atoms with Gasteiger partial charge < -0.3 is 4.74 Å². The van der Waals surface area contributed by atoms with E-state index < -0.39 is 10.0 Å². The maximum Gasteiger partial charge on any atom is 0.238 e. The Morgan fingerprint density at radius 3 is 2.67 bits per heavy atom. The number of nitrogens with one attached hydrogen (secondary N) is 1. The van der Waals surface area contributed by atoms with Gasteiger partial charge in [-0.2, -0.15) is 0 Å². The number of hydrogen-bond acceptors (Lipinski definition) is 4. The minimum absolute atomic E-state index is 0.276. The molecule has 1 aromatic rings. The molecule has 0 unspecified atom stereocenters. The van der Waals surface area contributed by atoms with Crippen LogP contribution in [0.1, 0.15) is 12.5 Å². The lowest BCUT2D eigenvalue weighted by Crippen LogP contribution is -2.11. The highest BCUT2D eigenvalue weighted by Gasteiger charge is 2.09. The number of aromatic nitrogens is 1. The van der Waals surface area contributed by atoms with Crippen LogP contribution in [-0.2, 0) is 16.4 Å². The van der Waals surface area contributed by atoms with E-state index in [0.29, 0.717) is 5.69 Å². The quantitative estimate of drug-likeness (QED) is 0.838. The van der Waals surface area contributed by atoms with Gasteiger partial charge in [-0.1, -0.05) is 6.92 Å². The Kier molecular flexibility index (Phi) is 3.52. The summed E-state index contributed by atoms with van der Waals surface area (Å²) in [5.74, 6) is 0.276. The summed E-state index contributed by atoms with van der Waals surface area (Å²) in [6.07, 6.45) is 3.53. The normalized spacial score (nSPS) is 11.1. The maximum absolute atomic E-state index is 11.1. The number of hydrogen-bond donors (Lipinski definition) is 1. The summed E-state index contributed by atoms with van der Waals surface area (Å²) in [6, 6.07) is 1.72. The summed E-state index contributed by atoms with van der Waals surface area (Å²) >= 11 is 0. The zero-order valence-electron chi connectivity index (χ0n) is 8.94. The number of nitrogens with zero attached hydrogens (tertiary/aromatic N) is 1. The lowest BCUT2D eigenvalue weighted by atomic mass is 10.2. The van der Waals surface area contributed by atoms with Gasteiger partial charge in [-0.05, 0) is 18.1 Å². The van der Waals surface area contributed by atoms with E-state index in [1.165, 1.54) is 7.11 Å². The number of anilines is 1. The molecule has 1 heterocycles. The van der Waals surface area contributed by atoms with Gasteiger partial charge in [-0.3, -0.25) is 4.72 Å². The van der Waals surface area contributed by atoms with Crippen molar-refractivity contribution in [3.05, 3.63) is 17.8 Å². The molecule has 0 spiro atoms. The first-order valence-corrected chi connectivity index (χ1v) is 6.36. The summed E-state index contributed by atoms with van der Waals surface area (Å²) in [5, 5.41) is 0. The Balaban J connectivity index is 3.12. The highest BCUT2D eigenvalue weighted by molar-refractivity contribution is 7.92. The van der Waals surface area contributed by atoms with Crippen LogP contribution in [0.3, 0.4) is 0 Å². The molecule has 0 amide bonds. The number of rotatable bonds is 4. The van der Waals surface area contributed by atoms with Gasteiger partial charge in [0.25, 0.3) is 0 Å². The van der Waals surface area contributed by atoms with Crippen molar-refractivity contribution in [2.75, 3.05) is 18.1 Å². The van der Waals surface area contributed by atoms with Crippen molar-refractivity contribution in [2.45, 2.75) is 13.3 Å². The van der Waals surface area contributed by atoms with Crippen LogP contribution in [0, 0.1) is 0 Å². The predicted octanol–water partition coefficient (Wildman–Crippen LogP) is 1.02. The smallest absolute Gasteiger partial charge is 0.238 e. The first-order chi connectivity index (χ1) is 6.96. The second-order valence-corrected chi connectivity index (χ2v) is 4.88. The molecule has 1 N–H and O–H groups in total. The molecule has 0 bridgehead atoms. The Morgan fingerprint density at radius 1 is 1.53 bits per heavy atom. The van der Waals surface area contributed by atoms with Crippen LogP contribution < -0.4 is 9.46 Å². The molecule has 0 radical (unpaired) electrons. The second kappa shape index (κ2) is 4.48. The molecule has 0 aliphatic carbocycles. The molecule has 0 aliphatic heterocycles. The van der Waals surface area contributed by atoms with Crippen molar-refractivity contribution in [1.82, 2.24) is 4.98 Å². The summed E-state index contributed by atoms with van der Waals surface area (Å²) < 4.78 is 29.5. The van der Waals surface area contributed by atoms with Crippen molar-refractivity contribution in [2.24, 2.45) is 0 Å². The van der Waals surface area contributed by atoms with E-state index in [1.54, 1.807) is 12.3 Å². The number of pyridine rings is 1. The van der Waals surface area contributed by atoms with Gasteiger partial charge in [0.05, 0.1) is 13.4 Å². The molecule has 0 atom stereocenters. The zero-order valence-corrected chi connectivity index (χ0v) is 9.76. The molecule has 0 saturated heterocycles. The largest absolute Gasteiger partial charge is 0.480 e. The molecule has 5 nitrogen and oxygen atoms in total. The standard InChI is InChI=1S/C9H14N2O3S/c1-4-7-5-8(11-15(3,12)13)9(14-2)10-6-7/h5-6,11H,4H2,1-3H3. The molecule has 0 aromatic carbocycles. The third kappa shape index (κ3) is 3.39. The molecule has 0 saturated carbocycles. The topological polar surface area (TPSA) is 68.3 Å². The maximum atomic E-state index is 11.1. The van der Waals surface area contributed by atoms with Crippen LogP contribution in [0.15, 0.2) is 12.3 Å². The number of methoxy groups -OCH3 is 1. The highest BCUT2D eigenvalue weighted by Crippen LogP contribution is 2.23. The molecule has 1 aromatic heterocycles. The van der Waals surface area contributed by atoms with Gasteiger partial charge in [0.15, 0.2) is 0 Å². The first kappa shape index (κ1) is 11.8. The van der Waals surface area contributed by atoms with E-state index >= 15 is 0 Å². The molecule has 0 fully saturated rings. The van der Waals surface area contributed by atoms with Crippen molar-refractivity contribution < 1.29 is 13.2 Å². The van der Waals surface area contributed by atoms with Gasteiger partial charge in [0.2, 0.25) is 15.9 Å².